The first-order valence-corrected chi connectivity index (χ1v) is 4.45. The van der Waals surface area contributed by atoms with E-state index in [2.05, 4.69) is 35.1 Å². The molecule has 0 saturated carbocycles. The highest BCUT2D eigenvalue weighted by atomic mass is 32.1. The third kappa shape index (κ3) is 4.11. The summed E-state index contributed by atoms with van der Waals surface area (Å²) in [5.41, 5.74) is 0. The van der Waals surface area contributed by atoms with Crippen LogP contribution in [0.25, 0.3) is 0 Å². The van der Waals surface area contributed by atoms with Crippen molar-refractivity contribution in [2.45, 2.75) is 0 Å². The summed E-state index contributed by atoms with van der Waals surface area (Å²) >= 11 is 8.07. The molecular weight excluding hydrogens is 220 g/mol. The van der Waals surface area contributed by atoms with Gasteiger partial charge in [0.1, 0.15) is 5.75 Å². The Kier molecular flexibility index (Phi) is 4.21. The maximum atomic E-state index is 10.3. The molecule has 0 aliphatic heterocycles. The number of thiol groups is 1. The van der Waals surface area contributed by atoms with E-state index in [0.29, 0.717) is 5.75 Å². The number of hydrogen-bond acceptors (Lipinski definition) is 3. The molecule has 0 heterocycles. The minimum atomic E-state index is -0.719. The summed E-state index contributed by atoms with van der Waals surface area (Å²) in [4.78, 5) is 10.3. The van der Waals surface area contributed by atoms with Crippen molar-refractivity contribution in [3.05, 3.63) is 30.3 Å². The Morgan fingerprint density at radius 3 is 2.50 bits per heavy atom. The summed E-state index contributed by atoms with van der Waals surface area (Å²) in [5.74, 6) is 0.545. The molecule has 14 heavy (non-hydrogen) atoms. The van der Waals surface area contributed by atoms with E-state index in [1.165, 1.54) is 0 Å². The van der Waals surface area contributed by atoms with Crippen LogP contribution in [0.15, 0.2) is 40.6 Å². The van der Waals surface area contributed by atoms with Crippen LogP contribution in [-0.4, -0.2) is 10.4 Å². The Bertz CT molecular complexity index is 365. The van der Waals surface area contributed by atoms with Crippen LogP contribution in [0.4, 0.5) is 4.79 Å². The van der Waals surface area contributed by atoms with Crippen LogP contribution in [0.2, 0.25) is 0 Å². The fraction of sp³-hybridized carbons (Fsp3) is 0. The van der Waals surface area contributed by atoms with Crippen molar-refractivity contribution in [1.82, 2.24) is 0 Å². The Morgan fingerprint density at radius 1 is 1.29 bits per heavy atom. The fourth-order valence-corrected chi connectivity index (χ4v) is 0.875. The lowest BCUT2D eigenvalue weighted by Crippen LogP contribution is -2.00. The zero-order valence-corrected chi connectivity index (χ0v) is 8.66. The quantitative estimate of drug-likeness (QED) is 0.455. The first-order valence-electron chi connectivity index (χ1n) is 3.60. The van der Waals surface area contributed by atoms with E-state index in [1.807, 2.05) is 6.07 Å². The van der Waals surface area contributed by atoms with Gasteiger partial charge in [0.15, 0.2) is 0 Å². The third-order valence-electron chi connectivity index (χ3n) is 1.17. The van der Waals surface area contributed by atoms with Crippen LogP contribution in [0.3, 0.4) is 0 Å². The Balaban J connectivity index is 2.54. The highest BCUT2D eigenvalue weighted by Gasteiger charge is 1.97. The maximum absolute atomic E-state index is 10.3. The largest absolute Gasteiger partial charge is 0.429 e. The second-order valence-electron chi connectivity index (χ2n) is 2.16. The molecule has 72 valence electrons. The number of carbonyl (C=O) groups is 1. The molecule has 0 aliphatic rings. The molecule has 1 rings (SSSR count). The number of hydrogen-bond donors (Lipinski definition) is 1. The summed E-state index contributed by atoms with van der Waals surface area (Å²) < 4.78 is 5.05. The molecule has 6 heteroatoms. The van der Waals surface area contributed by atoms with E-state index >= 15 is 0 Å². The molecule has 1 aromatic rings. The first kappa shape index (κ1) is 10.8. The number of azo groups is 1. The van der Waals surface area contributed by atoms with Crippen molar-refractivity contribution in [3.63, 3.8) is 0 Å². The van der Waals surface area contributed by atoms with Crippen LogP contribution < -0.4 is 4.74 Å². The second kappa shape index (κ2) is 5.46. The van der Waals surface area contributed by atoms with E-state index in [4.69, 9.17) is 4.74 Å². The third-order valence-corrected chi connectivity index (χ3v) is 1.42. The van der Waals surface area contributed by atoms with Crippen molar-refractivity contribution < 1.29 is 9.53 Å². The van der Waals surface area contributed by atoms with E-state index in [-0.39, 0.29) is 5.17 Å². The molecule has 0 spiro atoms. The molecule has 4 nitrogen and oxygen atoms in total. The molecule has 0 atom stereocenters. The minimum absolute atomic E-state index is 0.126. The maximum Gasteiger partial charge on any atom is 0.320 e. The Morgan fingerprint density at radius 2 is 1.93 bits per heavy atom. The summed E-state index contributed by atoms with van der Waals surface area (Å²) in [6, 6.07) is 8.85. The summed E-state index contributed by atoms with van der Waals surface area (Å²) in [5, 5.41) is 5.59. The number of carbonyl (C=O) groups excluding carboxylic acids is 1. The Hall–Kier alpha value is -1.27. The molecule has 0 aromatic heterocycles. The van der Waals surface area contributed by atoms with Gasteiger partial charge in [-0.2, -0.15) is 0 Å². The number of thiocarbonyl (C=S) groups is 1. The molecule has 0 radical (unpaired) electrons. The van der Waals surface area contributed by atoms with Gasteiger partial charge in [0.25, 0.3) is 0 Å². The highest BCUT2D eigenvalue weighted by Crippen LogP contribution is 2.09. The van der Waals surface area contributed by atoms with Crippen molar-refractivity contribution >= 4 is 35.3 Å². The number of para-hydroxylation sites is 1. The van der Waals surface area contributed by atoms with E-state index in [0.717, 1.165) is 0 Å². The van der Waals surface area contributed by atoms with Gasteiger partial charge in [-0.15, -0.1) is 0 Å². The molecule has 0 N–H and O–H groups in total. The highest BCUT2D eigenvalue weighted by molar-refractivity contribution is 7.96. The topological polar surface area (TPSA) is 51.0 Å². The average molecular weight is 226 g/mol. The lowest BCUT2D eigenvalue weighted by atomic mass is 10.3. The molecule has 1 aromatic carbocycles. The molecule has 0 aliphatic carbocycles. The average Bonchev–Trinajstić information content (AvgIpc) is 2.16. The predicted molar refractivity (Wildman–Crippen MR) is 58.9 cm³/mol. The number of amides is 1. The standard InChI is InChI=1S/C8H6N2O2S2/c11-7(13)9-10-8(14)12-6-4-2-1-3-5-6/h1-5H,(H,11,13). The molecule has 1 amide bonds. The normalized spacial score (nSPS) is 10.1. The summed E-state index contributed by atoms with van der Waals surface area (Å²) in [6.07, 6.45) is 0. The second-order valence-corrected chi connectivity index (χ2v) is 2.90. The lowest BCUT2D eigenvalue weighted by molar-refractivity contribution is 0.266. The van der Waals surface area contributed by atoms with Gasteiger partial charge in [-0.05, 0) is 24.4 Å². The molecule has 0 saturated heterocycles. The number of nitrogens with zero attached hydrogens (tertiary/aromatic N) is 2. The van der Waals surface area contributed by atoms with Gasteiger partial charge in [-0.25, -0.2) is 0 Å². The SMILES string of the molecule is O=C(S)N=NC(=S)Oc1ccccc1. The van der Waals surface area contributed by atoms with Gasteiger partial charge in [-0.1, -0.05) is 41.1 Å². The smallest absolute Gasteiger partial charge is 0.320 e. The minimum Gasteiger partial charge on any atom is -0.429 e. The summed E-state index contributed by atoms with van der Waals surface area (Å²) in [7, 11) is 0. The van der Waals surface area contributed by atoms with E-state index in [9.17, 15) is 4.79 Å². The fourth-order valence-electron chi connectivity index (χ4n) is 0.693. The van der Waals surface area contributed by atoms with Gasteiger partial charge in [-0.3, -0.25) is 4.79 Å². The zero-order valence-electron chi connectivity index (χ0n) is 6.95. The van der Waals surface area contributed by atoms with Crippen molar-refractivity contribution in [3.8, 4) is 5.75 Å². The van der Waals surface area contributed by atoms with Crippen molar-refractivity contribution in [2.75, 3.05) is 0 Å². The Labute approximate surface area is 91.4 Å². The van der Waals surface area contributed by atoms with Crippen LogP contribution in [-0.2, 0) is 0 Å². The number of rotatable bonds is 1. The number of ether oxygens (including phenoxy) is 1. The van der Waals surface area contributed by atoms with Crippen LogP contribution >= 0.6 is 24.8 Å². The lowest BCUT2D eigenvalue weighted by Gasteiger charge is -1.99. The zero-order chi connectivity index (χ0) is 10.4. The summed E-state index contributed by atoms with van der Waals surface area (Å²) in [6.45, 7) is 0. The molecule has 0 fully saturated rings. The van der Waals surface area contributed by atoms with Gasteiger partial charge < -0.3 is 4.74 Å². The van der Waals surface area contributed by atoms with Gasteiger partial charge in [0.2, 0.25) is 0 Å². The van der Waals surface area contributed by atoms with Crippen LogP contribution in [0.1, 0.15) is 0 Å². The van der Waals surface area contributed by atoms with Crippen LogP contribution in [0.5, 0.6) is 5.75 Å². The van der Waals surface area contributed by atoms with Gasteiger partial charge >= 0.3 is 10.4 Å². The predicted octanol–water partition coefficient (Wildman–Crippen LogP) is 2.85. The van der Waals surface area contributed by atoms with Crippen LogP contribution in [0, 0.1) is 0 Å². The van der Waals surface area contributed by atoms with Crippen molar-refractivity contribution in [2.24, 2.45) is 10.2 Å². The molecule has 0 bridgehead atoms. The van der Waals surface area contributed by atoms with Crippen molar-refractivity contribution in [1.29, 1.82) is 0 Å². The van der Waals surface area contributed by atoms with Gasteiger partial charge in [0, 0.05) is 0 Å². The molecule has 0 unspecified atom stereocenters. The van der Waals surface area contributed by atoms with Gasteiger partial charge in [0.05, 0.1) is 0 Å². The first-order chi connectivity index (χ1) is 6.68. The van der Waals surface area contributed by atoms with E-state index < -0.39 is 5.24 Å². The number of benzene rings is 1. The molecular formula is C8H6N2O2S2. The van der Waals surface area contributed by atoms with E-state index in [1.54, 1.807) is 24.3 Å². The monoisotopic (exact) mass is 226 g/mol.